The number of hydrogen-bond donors (Lipinski definition) is 2. The number of piperidine rings is 1. The minimum atomic E-state index is -0.593. The largest absolute Gasteiger partial charge is 0.497 e. The van der Waals surface area contributed by atoms with E-state index in [4.69, 9.17) is 9.47 Å². The topological polar surface area (TPSA) is 62.2 Å². The molecule has 2 N–H and O–H groups in total. The van der Waals surface area contributed by atoms with Crippen LogP contribution in [0.1, 0.15) is 24.5 Å². The minimum absolute atomic E-state index is 0.145. The molecule has 1 saturated heterocycles. The van der Waals surface area contributed by atoms with Gasteiger partial charge in [-0.2, -0.15) is 0 Å². The van der Waals surface area contributed by atoms with Gasteiger partial charge in [0, 0.05) is 12.6 Å². The summed E-state index contributed by atoms with van der Waals surface area (Å²) >= 11 is 0. The van der Waals surface area contributed by atoms with Crippen LogP contribution in [0.3, 0.4) is 0 Å². The van der Waals surface area contributed by atoms with Crippen LogP contribution in [0.15, 0.2) is 48.5 Å². The van der Waals surface area contributed by atoms with Crippen molar-refractivity contribution in [2.45, 2.75) is 25.0 Å². The van der Waals surface area contributed by atoms with E-state index in [1.807, 2.05) is 18.2 Å². The Kier molecular flexibility index (Phi) is 7.25. The van der Waals surface area contributed by atoms with E-state index >= 15 is 0 Å². The molecular weight excluding hydrogens is 361 g/mol. The van der Waals surface area contributed by atoms with Gasteiger partial charge >= 0.3 is 0 Å². The van der Waals surface area contributed by atoms with Crippen LogP contribution in [-0.4, -0.2) is 54.6 Å². The molecule has 1 fully saturated rings. The number of methoxy groups -OCH3 is 1. The Morgan fingerprint density at radius 1 is 1.07 bits per heavy atom. The maximum atomic E-state index is 13.0. The first-order valence-electron chi connectivity index (χ1n) is 9.66. The SMILES string of the molecule is COc1cccc(OCC(O)CN2CCC(C(O)c3ccc(F)cc3)CC2)c1. The van der Waals surface area contributed by atoms with Crippen molar-refractivity contribution in [2.24, 2.45) is 5.92 Å². The molecule has 28 heavy (non-hydrogen) atoms. The van der Waals surface area contributed by atoms with Gasteiger partial charge < -0.3 is 24.6 Å². The van der Waals surface area contributed by atoms with Crippen molar-refractivity contribution in [1.29, 1.82) is 0 Å². The average molecular weight is 389 g/mol. The Morgan fingerprint density at radius 3 is 2.43 bits per heavy atom. The fraction of sp³-hybridized carbons (Fsp3) is 0.455. The Balaban J connectivity index is 1.41. The number of aliphatic hydroxyl groups is 2. The monoisotopic (exact) mass is 389 g/mol. The number of nitrogens with zero attached hydrogens (tertiary/aromatic N) is 1. The van der Waals surface area contributed by atoms with Gasteiger partial charge in [-0.15, -0.1) is 0 Å². The van der Waals surface area contributed by atoms with Crippen LogP contribution < -0.4 is 9.47 Å². The van der Waals surface area contributed by atoms with Crippen molar-refractivity contribution in [3.8, 4) is 11.5 Å². The number of ether oxygens (including phenoxy) is 2. The van der Waals surface area contributed by atoms with Crippen LogP contribution in [0, 0.1) is 11.7 Å². The zero-order valence-corrected chi connectivity index (χ0v) is 16.1. The van der Waals surface area contributed by atoms with Gasteiger partial charge in [0.2, 0.25) is 0 Å². The summed E-state index contributed by atoms with van der Waals surface area (Å²) in [5, 5.41) is 20.8. The Hall–Kier alpha value is -2.15. The second-order valence-electron chi connectivity index (χ2n) is 7.28. The standard InChI is InChI=1S/C22H28FNO4/c1-27-20-3-2-4-21(13-20)28-15-19(25)14-24-11-9-17(10-12-24)22(26)16-5-7-18(23)8-6-16/h2-8,13,17,19,22,25-26H,9-12,14-15H2,1H3. The maximum Gasteiger partial charge on any atom is 0.123 e. The molecule has 0 amide bonds. The van der Waals surface area contributed by atoms with E-state index in [-0.39, 0.29) is 18.3 Å². The van der Waals surface area contributed by atoms with E-state index in [2.05, 4.69) is 4.90 Å². The van der Waals surface area contributed by atoms with Crippen LogP contribution in [0.25, 0.3) is 0 Å². The number of β-amino-alcohol motifs (C(OH)–C–C–N with tert-alkyl or cyclic N) is 1. The molecule has 2 aromatic carbocycles. The first-order chi connectivity index (χ1) is 13.5. The molecule has 2 atom stereocenters. The number of benzene rings is 2. The van der Waals surface area contributed by atoms with Gasteiger partial charge in [-0.1, -0.05) is 18.2 Å². The molecule has 2 aromatic rings. The number of rotatable bonds is 8. The Morgan fingerprint density at radius 2 is 1.75 bits per heavy atom. The molecule has 1 aliphatic rings. The lowest BCUT2D eigenvalue weighted by molar-refractivity contribution is 0.0278. The van der Waals surface area contributed by atoms with E-state index in [9.17, 15) is 14.6 Å². The van der Waals surface area contributed by atoms with Crippen LogP contribution in [0.2, 0.25) is 0 Å². The molecule has 1 heterocycles. The summed E-state index contributed by atoms with van der Waals surface area (Å²) in [6, 6.07) is 13.4. The van der Waals surface area contributed by atoms with E-state index in [1.165, 1.54) is 12.1 Å². The molecular formula is C22H28FNO4. The normalized spacial score (nSPS) is 17.9. The third-order valence-corrected chi connectivity index (χ3v) is 5.24. The van der Waals surface area contributed by atoms with Gasteiger partial charge in [0.25, 0.3) is 0 Å². The zero-order valence-electron chi connectivity index (χ0n) is 16.1. The van der Waals surface area contributed by atoms with Gasteiger partial charge in [0.05, 0.1) is 13.2 Å². The molecule has 5 nitrogen and oxygen atoms in total. The molecule has 0 bridgehead atoms. The maximum absolute atomic E-state index is 13.0. The zero-order chi connectivity index (χ0) is 19.9. The summed E-state index contributed by atoms with van der Waals surface area (Å²) in [5.74, 6) is 1.23. The van der Waals surface area contributed by atoms with Crippen LogP contribution in [-0.2, 0) is 0 Å². The number of aliphatic hydroxyl groups excluding tert-OH is 2. The molecule has 3 rings (SSSR count). The molecule has 6 heteroatoms. The number of likely N-dealkylation sites (tertiary alicyclic amines) is 1. The highest BCUT2D eigenvalue weighted by Crippen LogP contribution is 2.30. The molecule has 0 aliphatic carbocycles. The smallest absolute Gasteiger partial charge is 0.123 e. The molecule has 0 radical (unpaired) electrons. The lowest BCUT2D eigenvalue weighted by atomic mass is 9.87. The van der Waals surface area contributed by atoms with E-state index in [0.29, 0.717) is 18.0 Å². The summed E-state index contributed by atoms with van der Waals surface area (Å²) in [6.07, 6.45) is 0.498. The minimum Gasteiger partial charge on any atom is -0.497 e. The summed E-state index contributed by atoms with van der Waals surface area (Å²) in [4.78, 5) is 2.19. The van der Waals surface area contributed by atoms with Crippen molar-refractivity contribution in [3.63, 3.8) is 0 Å². The van der Waals surface area contributed by atoms with Gasteiger partial charge in [-0.25, -0.2) is 4.39 Å². The van der Waals surface area contributed by atoms with Gasteiger partial charge in [-0.3, -0.25) is 0 Å². The predicted octanol–water partition coefficient (Wildman–Crippen LogP) is 3.02. The molecule has 152 valence electrons. The molecule has 2 unspecified atom stereocenters. The van der Waals surface area contributed by atoms with Crippen molar-refractivity contribution < 1.29 is 24.1 Å². The Bertz CT molecular complexity index is 732. The highest BCUT2D eigenvalue weighted by molar-refractivity contribution is 5.32. The fourth-order valence-electron chi connectivity index (χ4n) is 3.62. The lowest BCUT2D eigenvalue weighted by Gasteiger charge is -2.35. The van der Waals surface area contributed by atoms with Gasteiger partial charge in [0.15, 0.2) is 0 Å². The summed E-state index contributed by atoms with van der Waals surface area (Å²) < 4.78 is 23.9. The third-order valence-electron chi connectivity index (χ3n) is 5.24. The lowest BCUT2D eigenvalue weighted by Crippen LogP contribution is -2.41. The van der Waals surface area contributed by atoms with E-state index < -0.39 is 12.2 Å². The second-order valence-corrected chi connectivity index (χ2v) is 7.28. The first-order valence-corrected chi connectivity index (χ1v) is 9.66. The predicted molar refractivity (Wildman–Crippen MR) is 105 cm³/mol. The molecule has 0 saturated carbocycles. The van der Waals surface area contributed by atoms with Crippen LogP contribution in [0.5, 0.6) is 11.5 Å². The first kappa shape index (κ1) is 20.6. The highest BCUT2D eigenvalue weighted by Gasteiger charge is 2.27. The summed E-state index contributed by atoms with van der Waals surface area (Å²) in [7, 11) is 1.60. The fourth-order valence-corrected chi connectivity index (χ4v) is 3.62. The van der Waals surface area contributed by atoms with Gasteiger partial charge in [0.1, 0.15) is 30.0 Å². The number of halogens is 1. The van der Waals surface area contributed by atoms with Crippen molar-refractivity contribution >= 4 is 0 Å². The Labute approximate surface area is 165 Å². The van der Waals surface area contributed by atoms with E-state index in [0.717, 1.165) is 31.5 Å². The van der Waals surface area contributed by atoms with Crippen molar-refractivity contribution in [2.75, 3.05) is 33.4 Å². The quantitative estimate of drug-likeness (QED) is 0.727. The van der Waals surface area contributed by atoms with Gasteiger partial charge in [-0.05, 0) is 61.7 Å². The molecule has 1 aliphatic heterocycles. The van der Waals surface area contributed by atoms with Crippen molar-refractivity contribution in [1.82, 2.24) is 4.90 Å². The third kappa shape index (κ3) is 5.67. The molecule has 0 aromatic heterocycles. The van der Waals surface area contributed by atoms with Crippen molar-refractivity contribution in [3.05, 3.63) is 59.9 Å². The average Bonchev–Trinajstić information content (AvgIpc) is 2.73. The highest BCUT2D eigenvalue weighted by atomic mass is 19.1. The summed E-state index contributed by atoms with van der Waals surface area (Å²) in [5.41, 5.74) is 0.756. The van der Waals surface area contributed by atoms with Crippen LogP contribution in [0.4, 0.5) is 4.39 Å². The molecule has 0 spiro atoms. The second kappa shape index (κ2) is 9.87. The number of hydrogen-bond acceptors (Lipinski definition) is 5. The summed E-state index contributed by atoms with van der Waals surface area (Å²) in [6.45, 7) is 2.35. The van der Waals surface area contributed by atoms with E-state index in [1.54, 1.807) is 25.3 Å². The van der Waals surface area contributed by atoms with Crippen LogP contribution >= 0.6 is 0 Å².